The van der Waals surface area contributed by atoms with E-state index in [-0.39, 0.29) is 29.5 Å². The molecule has 0 spiro atoms. The molecule has 1 aliphatic heterocycles. The molecular formula is C11H19N3O4S3. The molecule has 1 saturated heterocycles. The molecule has 1 unspecified atom stereocenters. The zero-order valence-corrected chi connectivity index (χ0v) is 14.1. The number of nitrogens with zero attached hydrogens (tertiary/aromatic N) is 1. The molecule has 2 rings (SSSR count). The van der Waals surface area contributed by atoms with Crippen LogP contribution in [-0.2, 0) is 26.4 Å². The molecule has 7 nitrogen and oxygen atoms in total. The summed E-state index contributed by atoms with van der Waals surface area (Å²) < 4.78 is 50.8. The van der Waals surface area contributed by atoms with Crippen molar-refractivity contribution in [2.75, 3.05) is 23.8 Å². The fraction of sp³-hybridized carbons (Fsp3) is 0.636. The van der Waals surface area contributed by atoms with Gasteiger partial charge in [0.1, 0.15) is 5.37 Å². The summed E-state index contributed by atoms with van der Waals surface area (Å²) in [5.41, 5.74) is 6.06. The number of nitrogens with one attached hydrogen (secondary N) is 1. The number of aromatic nitrogens is 1. The molecule has 1 aromatic heterocycles. The Labute approximate surface area is 129 Å². The topological polar surface area (TPSA) is 113 Å². The third kappa shape index (κ3) is 3.29. The number of hydrogen-bond acceptors (Lipinski definition) is 6. The van der Waals surface area contributed by atoms with Gasteiger partial charge in [0.25, 0.3) is 0 Å². The van der Waals surface area contributed by atoms with Gasteiger partial charge < -0.3 is 10.7 Å². The first-order valence-corrected chi connectivity index (χ1v) is 10.8. The Morgan fingerprint density at radius 3 is 2.71 bits per heavy atom. The van der Waals surface area contributed by atoms with E-state index in [1.165, 1.54) is 30.9 Å². The number of aromatic amines is 1. The van der Waals surface area contributed by atoms with Crippen molar-refractivity contribution in [3.05, 3.63) is 18.0 Å². The van der Waals surface area contributed by atoms with E-state index < -0.39 is 25.2 Å². The summed E-state index contributed by atoms with van der Waals surface area (Å²) in [4.78, 5) is 2.84. The molecule has 0 saturated carbocycles. The van der Waals surface area contributed by atoms with Crippen LogP contribution in [0.1, 0.15) is 12.6 Å². The number of nitrogens with two attached hydrogens (primary N) is 1. The van der Waals surface area contributed by atoms with Crippen molar-refractivity contribution < 1.29 is 16.8 Å². The molecule has 21 heavy (non-hydrogen) atoms. The van der Waals surface area contributed by atoms with Crippen LogP contribution in [0.15, 0.2) is 17.2 Å². The summed E-state index contributed by atoms with van der Waals surface area (Å²) in [5, 5.41) is -0.998. The Bertz CT molecular complexity index is 696. The molecule has 0 bridgehead atoms. The van der Waals surface area contributed by atoms with Gasteiger partial charge in [0, 0.05) is 42.2 Å². The Hall–Kier alpha value is -0.550. The number of thioether (sulfide) groups is 1. The molecule has 10 heteroatoms. The van der Waals surface area contributed by atoms with E-state index in [0.29, 0.717) is 11.4 Å². The molecule has 3 N–H and O–H groups in total. The highest BCUT2D eigenvalue weighted by atomic mass is 32.2. The summed E-state index contributed by atoms with van der Waals surface area (Å²) in [5.74, 6) is 0.776. The maximum atomic E-state index is 12.7. The van der Waals surface area contributed by atoms with Crippen LogP contribution in [0.5, 0.6) is 0 Å². The summed E-state index contributed by atoms with van der Waals surface area (Å²) in [6.45, 7) is 1.92. The Morgan fingerprint density at radius 2 is 2.14 bits per heavy atom. The molecular weight excluding hydrogens is 334 g/mol. The second-order valence-electron chi connectivity index (χ2n) is 4.66. The monoisotopic (exact) mass is 353 g/mol. The third-order valence-corrected chi connectivity index (χ3v) is 8.71. The third-order valence-electron chi connectivity index (χ3n) is 3.40. The SMILES string of the molecule is CCS(=O)(=O)C1CSCCN1S(=O)(=O)c1c[nH]c(CN)c1. The molecule has 1 fully saturated rings. The van der Waals surface area contributed by atoms with E-state index in [1.54, 1.807) is 0 Å². The maximum Gasteiger partial charge on any atom is 0.245 e. The zero-order chi connectivity index (χ0) is 15.7. The van der Waals surface area contributed by atoms with Gasteiger partial charge in [-0.05, 0) is 6.07 Å². The van der Waals surface area contributed by atoms with Crippen LogP contribution in [0, 0.1) is 0 Å². The Kier molecular flexibility index (Phi) is 5.03. The van der Waals surface area contributed by atoms with E-state index in [0.717, 1.165) is 4.31 Å². The average Bonchev–Trinajstić information content (AvgIpc) is 2.97. The van der Waals surface area contributed by atoms with E-state index in [9.17, 15) is 16.8 Å². The van der Waals surface area contributed by atoms with Crippen LogP contribution in [-0.4, -0.2) is 55.3 Å². The highest BCUT2D eigenvalue weighted by molar-refractivity contribution is 8.01. The smallest absolute Gasteiger partial charge is 0.245 e. The van der Waals surface area contributed by atoms with Gasteiger partial charge in [-0.3, -0.25) is 0 Å². The quantitative estimate of drug-likeness (QED) is 0.768. The number of H-pyrrole nitrogens is 1. The predicted octanol–water partition coefficient (Wildman–Crippen LogP) is -0.0283. The van der Waals surface area contributed by atoms with Gasteiger partial charge in [-0.1, -0.05) is 6.92 Å². The van der Waals surface area contributed by atoms with Gasteiger partial charge in [-0.25, -0.2) is 16.8 Å². The lowest BCUT2D eigenvalue weighted by Gasteiger charge is -2.33. The Morgan fingerprint density at radius 1 is 1.43 bits per heavy atom. The lowest BCUT2D eigenvalue weighted by molar-refractivity contribution is 0.404. The highest BCUT2D eigenvalue weighted by Gasteiger charge is 2.40. The van der Waals surface area contributed by atoms with E-state index in [2.05, 4.69) is 4.98 Å². The molecule has 2 heterocycles. The van der Waals surface area contributed by atoms with Gasteiger partial charge >= 0.3 is 0 Å². The predicted molar refractivity (Wildman–Crippen MR) is 83.1 cm³/mol. The molecule has 0 amide bonds. The van der Waals surface area contributed by atoms with Crippen molar-refractivity contribution in [3.63, 3.8) is 0 Å². The van der Waals surface area contributed by atoms with Crippen molar-refractivity contribution in [2.24, 2.45) is 5.73 Å². The second-order valence-corrected chi connectivity index (χ2v) is 10.1. The first-order valence-electron chi connectivity index (χ1n) is 6.51. The van der Waals surface area contributed by atoms with Crippen LogP contribution in [0.2, 0.25) is 0 Å². The van der Waals surface area contributed by atoms with Gasteiger partial charge in [0.05, 0.1) is 4.90 Å². The lowest BCUT2D eigenvalue weighted by atomic mass is 10.4. The van der Waals surface area contributed by atoms with Crippen LogP contribution in [0.4, 0.5) is 0 Å². The first-order chi connectivity index (χ1) is 9.82. The van der Waals surface area contributed by atoms with E-state index >= 15 is 0 Å². The number of rotatable bonds is 5. The molecule has 120 valence electrons. The standard InChI is InChI=1S/C11H19N3O4S3/c1-2-20(15,16)11-8-19-4-3-14(11)21(17,18)10-5-9(6-12)13-7-10/h5,7,11,13H,2-4,6,8,12H2,1H3. The second kappa shape index (κ2) is 6.29. The van der Waals surface area contributed by atoms with Gasteiger partial charge in [0.2, 0.25) is 10.0 Å². The van der Waals surface area contributed by atoms with Gasteiger partial charge in [0.15, 0.2) is 9.84 Å². The van der Waals surface area contributed by atoms with Gasteiger partial charge in [-0.2, -0.15) is 16.1 Å². The number of sulfonamides is 1. The first kappa shape index (κ1) is 16.8. The van der Waals surface area contributed by atoms with E-state index in [1.807, 2.05) is 0 Å². The summed E-state index contributed by atoms with van der Waals surface area (Å²) in [6, 6.07) is 1.45. The van der Waals surface area contributed by atoms with Crippen molar-refractivity contribution >= 4 is 31.6 Å². The van der Waals surface area contributed by atoms with Gasteiger partial charge in [-0.15, -0.1) is 0 Å². The average molecular weight is 353 g/mol. The van der Waals surface area contributed by atoms with Crippen molar-refractivity contribution in [3.8, 4) is 0 Å². The maximum absolute atomic E-state index is 12.7. The molecule has 0 aromatic carbocycles. The fourth-order valence-corrected chi connectivity index (χ4v) is 7.41. The lowest BCUT2D eigenvalue weighted by Crippen LogP contribution is -2.50. The summed E-state index contributed by atoms with van der Waals surface area (Å²) in [7, 11) is -7.31. The Balaban J connectivity index is 2.40. The molecule has 1 aromatic rings. The minimum absolute atomic E-state index is 0.0613. The normalized spacial score (nSPS) is 21.5. The molecule has 1 atom stereocenters. The van der Waals surface area contributed by atoms with Crippen molar-refractivity contribution in [2.45, 2.75) is 23.7 Å². The number of sulfone groups is 1. The van der Waals surface area contributed by atoms with Crippen LogP contribution in [0.3, 0.4) is 0 Å². The molecule has 0 radical (unpaired) electrons. The minimum Gasteiger partial charge on any atom is -0.363 e. The van der Waals surface area contributed by atoms with Crippen LogP contribution < -0.4 is 5.73 Å². The molecule has 1 aliphatic rings. The summed E-state index contributed by atoms with van der Waals surface area (Å²) >= 11 is 1.46. The van der Waals surface area contributed by atoms with Crippen molar-refractivity contribution in [1.82, 2.24) is 9.29 Å². The largest absolute Gasteiger partial charge is 0.363 e. The van der Waals surface area contributed by atoms with Crippen LogP contribution >= 0.6 is 11.8 Å². The number of hydrogen-bond donors (Lipinski definition) is 2. The summed E-state index contributed by atoms with van der Waals surface area (Å²) in [6.07, 6.45) is 1.36. The van der Waals surface area contributed by atoms with Crippen molar-refractivity contribution in [1.29, 1.82) is 0 Å². The zero-order valence-electron chi connectivity index (χ0n) is 11.6. The molecule has 0 aliphatic carbocycles. The van der Waals surface area contributed by atoms with Crippen LogP contribution in [0.25, 0.3) is 0 Å². The minimum atomic E-state index is -3.84. The van der Waals surface area contributed by atoms with E-state index in [4.69, 9.17) is 5.73 Å². The fourth-order valence-electron chi connectivity index (χ4n) is 2.14. The highest BCUT2D eigenvalue weighted by Crippen LogP contribution is 2.28.